The maximum atomic E-state index is 13.5. The van der Waals surface area contributed by atoms with Crippen molar-refractivity contribution in [2.24, 2.45) is 0 Å². The van der Waals surface area contributed by atoms with E-state index in [0.29, 0.717) is 5.56 Å². The van der Waals surface area contributed by atoms with Crippen LogP contribution in [0.3, 0.4) is 0 Å². The van der Waals surface area contributed by atoms with Crippen molar-refractivity contribution < 1.29 is 23.0 Å². The van der Waals surface area contributed by atoms with Gasteiger partial charge in [-0.05, 0) is 29.8 Å². The lowest BCUT2D eigenvalue weighted by atomic mass is 10.2. The van der Waals surface area contributed by atoms with Crippen LogP contribution in [0.5, 0.6) is 11.5 Å². The summed E-state index contributed by atoms with van der Waals surface area (Å²) >= 11 is 0. The molecule has 0 aromatic heterocycles. The average molecular weight is 307 g/mol. The quantitative estimate of drug-likeness (QED) is 0.892. The van der Waals surface area contributed by atoms with Crippen LogP contribution in [-0.2, 0) is 11.3 Å². The Morgan fingerprint density at radius 1 is 1.18 bits per heavy atom. The van der Waals surface area contributed by atoms with E-state index in [1.54, 1.807) is 12.1 Å². The van der Waals surface area contributed by atoms with Crippen molar-refractivity contribution in [3.8, 4) is 11.5 Å². The molecule has 0 aliphatic heterocycles. The summed E-state index contributed by atoms with van der Waals surface area (Å²) in [6, 6.07) is 9.93. The Kier molecular flexibility index (Phi) is 5.30. The summed E-state index contributed by atoms with van der Waals surface area (Å²) in [5.41, 5.74) is 0.595. The number of hydrogen-bond acceptors (Lipinski definition) is 3. The second-order valence-electron chi connectivity index (χ2n) is 4.49. The highest BCUT2D eigenvalue weighted by molar-refractivity contribution is 5.77. The van der Waals surface area contributed by atoms with Gasteiger partial charge in [-0.25, -0.2) is 8.78 Å². The molecule has 0 atom stereocenters. The Balaban J connectivity index is 1.81. The molecule has 0 radical (unpaired) electrons. The largest absolute Gasteiger partial charge is 0.494 e. The van der Waals surface area contributed by atoms with Gasteiger partial charge in [-0.1, -0.05) is 12.1 Å². The van der Waals surface area contributed by atoms with Gasteiger partial charge in [-0.2, -0.15) is 0 Å². The summed E-state index contributed by atoms with van der Waals surface area (Å²) in [6.45, 7) is -0.0889. The van der Waals surface area contributed by atoms with E-state index < -0.39 is 11.6 Å². The van der Waals surface area contributed by atoms with Gasteiger partial charge in [0.15, 0.2) is 18.2 Å². The fraction of sp³-hybridized carbons (Fsp3) is 0.188. The Hall–Kier alpha value is -2.63. The van der Waals surface area contributed by atoms with E-state index in [-0.39, 0.29) is 30.6 Å². The minimum absolute atomic E-state index is 0.143. The monoisotopic (exact) mass is 307 g/mol. The molecule has 2 aromatic rings. The molecule has 0 saturated carbocycles. The number of rotatable bonds is 6. The van der Waals surface area contributed by atoms with E-state index in [2.05, 4.69) is 5.32 Å². The molecule has 0 bridgehead atoms. The zero-order valence-corrected chi connectivity index (χ0v) is 11.9. The number of amides is 1. The van der Waals surface area contributed by atoms with E-state index in [1.807, 2.05) is 0 Å². The number of ether oxygens (including phenoxy) is 2. The van der Waals surface area contributed by atoms with Crippen LogP contribution in [-0.4, -0.2) is 19.6 Å². The number of methoxy groups -OCH3 is 1. The van der Waals surface area contributed by atoms with Crippen molar-refractivity contribution in [1.82, 2.24) is 5.32 Å². The predicted octanol–water partition coefficient (Wildman–Crippen LogP) is 2.67. The molecule has 0 heterocycles. The lowest BCUT2D eigenvalue weighted by molar-refractivity contribution is -0.123. The first-order chi connectivity index (χ1) is 10.6. The van der Waals surface area contributed by atoms with Gasteiger partial charge in [0.2, 0.25) is 0 Å². The molecule has 4 nitrogen and oxygen atoms in total. The van der Waals surface area contributed by atoms with Gasteiger partial charge >= 0.3 is 0 Å². The maximum Gasteiger partial charge on any atom is 0.258 e. The number of halogens is 2. The minimum atomic E-state index is -0.495. The normalized spacial score (nSPS) is 10.1. The van der Waals surface area contributed by atoms with E-state index >= 15 is 0 Å². The van der Waals surface area contributed by atoms with Gasteiger partial charge < -0.3 is 14.8 Å². The Morgan fingerprint density at radius 3 is 2.68 bits per heavy atom. The van der Waals surface area contributed by atoms with Crippen LogP contribution in [0.4, 0.5) is 8.78 Å². The molecule has 6 heteroatoms. The van der Waals surface area contributed by atoms with Gasteiger partial charge in [0.25, 0.3) is 5.91 Å². The molecule has 1 N–H and O–H groups in total. The fourth-order valence-electron chi connectivity index (χ4n) is 1.78. The number of nitrogens with one attached hydrogen (secondary N) is 1. The van der Waals surface area contributed by atoms with Crippen LogP contribution < -0.4 is 14.8 Å². The summed E-state index contributed by atoms with van der Waals surface area (Å²) in [6.07, 6.45) is 0. The predicted molar refractivity (Wildman–Crippen MR) is 76.7 cm³/mol. The topological polar surface area (TPSA) is 47.6 Å². The Bertz CT molecular complexity index is 662. The highest BCUT2D eigenvalue weighted by Gasteiger charge is 2.06. The first-order valence-electron chi connectivity index (χ1n) is 6.56. The van der Waals surface area contributed by atoms with Gasteiger partial charge in [-0.15, -0.1) is 0 Å². The van der Waals surface area contributed by atoms with Gasteiger partial charge in [0.05, 0.1) is 7.11 Å². The van der Waals surface area contributed by atoms with Crippen molar-refractivity contribution >= 4 is 5.91 Å². The fourth-order valence-corrected chi connectivity index (χ4v) is 1.78. The van der Waals surface area contributed by atoms with Crippen LogP contribution in [0.1, 0.15) is 5.56 Å². The number of hydrogen-bond donors (Lipinski definition) is 1. The summed E-state index contributed by atoms with van der Waals surface area (Å²) in [5, 5.41) is 2.58. The number of carbonyl (C=O) groups is 1. The minimum Gasteiger partial charge on any atom is -0.494 e. The molecule has 1 amide bonds. The van der Waals surface area contributed by atoms with Gasteiger partial charge in [-0.3, -0.25) is 4.79 Å². The molecule has 0 saturated heterocycles. The third-order valence-corrected chi connectivity index (χ3v) is 2.87. The molecule has 0 aliphatic carbocycles. The van der Waals surface area contributed by atoms with E-state index in [0.717, 1.165) is 0 Å². The zero-order valence-electron chi connectivity index (χ0n) is 11.9. The van der Waals surface area contributed by atoms with Crippen LogP contribution in [0.25, 0.3) is 0 Å². The van der Waals surface area contributed by atoms with Crippen molar-refractivity contribution in [3.05, 3.63) is 59.7 Å². The molecule has 2 rings (SSSR count). The van der Waals surface area contributed by atoms with Gasteiger partial charge in [0.1, 0.15) is 11.6 Å². The van der Waals surface area contributed by atoms with Gasteiger partial charge in [0, 0.05) is 12.6 Å². The third-order valence-electron chi connectivity index (χ3n) is 2.87. The van der Waals surface area contributed by atoms with E-state index in [9.17, 15) is 13.6 Å². The Morgan fingerprint density at radius 2 is 2.00 bits per heavy atom. The van der Waals surface area contributed by atoms with Crippen LogP contribution in [0, 0.1) is 11.6 Å². The van der Waals surface area contributed by atoms with Crippen molar-refractivity contribution in [1.29, 1.82) is 0 Å². The maximum absolute atomic E-state index is 13.5. The van der Waals surface area contributed by atoms with Crippen LogP contribution in [0.15, 0.2) is 42.5 Å². The SMILES string of the molecule is COc1ccc(CNC(=O)COc2cccc(F)c2)cc1F. The first kappa shape index (κ1) is 15.8. The third kappa shape index (κ3) is 4.44. The van der Waals surface area contributed by atoms with E-state index in [4.69, 9.17) is 9.47 Å². The summed E-state index contributed by atoms with van der Waals surface area (Å²) in [7, 11) is 1.38. The number of benzene rings is 2. The van der Waals surface area contributed by atoms with E-state index in [1.165, 1.54) is 37.4 Å². The molecule has 0 spiro atoms. The lowest BCUT2D eigenvalue weighted by Gasteiger charge is -2.08. The smallest absolute Gasteiger partial charge is 0.258 e. The average Bonchev–Trinajstić information content (AvgIpc) is 2.51. The molecule has 0 unspecified atom stereocenters. The highest BCUT2D eigenvalue weighted by Crippen LogP contribution is 2.17. The lowest BCUT2D eigenvalue weighted by Crippen LogP contribution is -2.28. The Labute approximate surface area is 126 Å². The molecular formula is C16H15F2NO3. The number of carbonyl (C=O) groups excluding carboxylic acids is 1. The van der Waals surface area contributed by atoms with Crippen LogP contribution in [0.2, 0.25) is 0 Å². The summed E-state index contributed by atoms with van der Waals surface area (Å²) in [4.78, 5) is 11.6. The molecule has 2 aromatic carbocycles. The second-order valence-corrected chi connectivity index (χ2v) is 4.49. The summed E-state index contributed by atoms with van der Waals surface area (Å²) < 4.78 is 36.4. The summed E-state index contributed by atoms with van der Waals surface area (Å²) in [5.74, 6) is -0.910. The van der Waals surface area contributed by atoms with Crippen molar-refractivity contribution in [3.63, 3.8) is 0 Å². The highest BCUT2D eigenvalue weighted by atomic mass is 19.1. The molecule has 116 valence electrons. The van der Waals surface area contributed by atoms with Crippen molar-refractivity contribution in [2.45, 2.75) is 6.54 Å². The molecule has 0 fully saturated rings. The second kappa shape index (κ2) is 7.40. The van der Waals surface area contributed by atoms with Crippen molar-refractivity contribution in [2.75, 3.05) is 13.7 Å². The zero-order chi connectivity index (χ0) is 15.9. The standard InChI is InChI=1S/C16H15F2NO3/c1-21-15-6-5-11(7-14(15)18)9-19-16(20)10-22-13-4-2-3-12(17)8-13/h2-8H,9-10H2,1H3,(H,19,20). The van der Waals surface area contributed by atoms with Crippen LogP contribution >= 0.6 is 0 Å². The molecular weight excluding hydrogens is 292 g/mol. The molecule has 0 aliphatic rings. The first-order valence-corrected chi connectivity index (χ1v) is 6.56. The molecule has 22 heavy (non-hydrogen) atoms.